The van der Waals surface area contributed by atoms with E-state index in [1.807, 2.05) is 11.8 Å². The second-order valence-electron chi connectivity index (χ2n) is 3.59. The highest BCUT2D eigenvalue weighted by atomic mass is 32.2. The van der Waals surface area contributed by atoms with Crippen LogP contribution in [0.2, 0.25) is 0 Å². The molecule has 1 fully saturated rings. The lowest BCUT2D eigenvalue weighted by Crippen LogP contribution is -2.18. The van der Waals surface area contributed by atoms with E-state index in [2.05, 4.69) is 36.1 Å². The highest BCUT2D eigenvalue weighted by Crippen LogP contribution is 2.31. The summed E-state index contributed by atoms with van der Waals surface area (Å²) in [4.78, 5) is 3.95. The van der Waals surface area contributed by atoms with Crippen molar-refractivity contribution in [2.45, 2.75) is 24.7 Å². The van der Waals surface area contributed by atoms with E-state index >= 15 is 0 Å². The summed E-state index contributed by atoms with van der Waals surface area (Å²) < 4.78 is 0. The van der Waals surface area contributed by atoms with Crippen LogP contribution in [0.3, 0.4) is 0 Å². The largest absolute Gasteiger partial charge is 0.371 e. The van der Waals surface area contributed by atoms with Crippen molar-refractivity contribution in [3.05, 3.63) is 24.3 Å². The molecule has 1 aromatic carbocycles. The van der Waals surface area contributed by atoms with Crippen LogP contribution in [0.25, 0.3) is 0 Å². The number of thioether (sulfide) groups is 1. The van der Waals surface area contributed by atoms with E-state index in [0.717, 1.165) is 5.75 Å². The van der Waals surface area contributed by atoms with E-state index in [1.54, 1.807) is 0 Å². The number of hydrogen-bond donors (Lipinski definition) is 0. The van der Waals surface area contributed by atoms with Crippen molar-refractivity contribution in [3.63, 3.8) is 0 Å². The van der Waals surface area contributed by atoms with Crippen LogP contribution in [0.4, 0.5) is 5.69 Å². The zero-order valence-electron chi connectivity index (χ0n) is 8.70. The van der Waals surface area contributed by atoms with E-state index in [-0.39, 0.29) is 0 Å². The lowest BCUT2D eigenvalue weighted by Gasteiger charge is -2.20. The summed E-state index contributed by atoms with van der Waals surface area (Å²) in [5.74, 6) is 1.16. The molecule has 0 bridgehead atoms. The molecule has 76 valence electrons. The highest BCUT2D eigenvalue weighted by molar-refractivity contribution is 7.99. The topological polar surface area (TPSA) is 3.24 Å². The Labute approximate surface area is 90.5 Å². The van der Waals surface area contributed by atoms with Gasteiger partial charge in [-0.3, -0.25) is 0 Å². The third-order valence-corrected chi connectivity index (χ3v) is 3.56. The molecular formula is C12H17NS. The SMILES string of the molecule is CCSc1ccccc1N1CCCC1. The first-order valence-corrected chi connectivity index (χ1v) is 6.37. The first-order valence-electron chi connectivity index (χ1n) is 5.38. The molecule has 0 saturated carbocycles. The van der Waals surface area contributed by atoms with Crippen LogP contribution in [0.1, 0.15) is 19.8 Å². The van der Waals surface area contributed by atoms with Crippen molar-refractivity contribution < 1.29 is 0 Å². The first-order chi connectivity index (χ1) is 6.92. The van der Waals surface area contributed by atoms with Gasteiger partial charge < -0.3 is 4.90 Å². The Morgan fingerprint density at radius 1 is 1.21 bits per heavy atom. The van der Waals surface area contributed by atoms with Crippen LogP contribution < -0.4 is 4.90 Å². The van der Waals surface area contributed by atoms with Gasteiger partial charge in [-0.15, -0.1) is 11.8 Å². The maximum absolute atomic E-state index is 2.51. The van der Waals surface area contributed by atoms with E-state index < -0.39 is 0 Å². The van der Waals surface area contributed by atoms with Crippen LogP contribution in [0, 0.1) is 0 Å². The van der Waals surface area contributed by atoms with Crippen LogP contribution in [0.5, 0.6) is 0 Å². The van der Waals surface area contributed by atoms with Gasteiger partial charge in [-0.05, 0) is 30.7 Å². The van der Waals surface area contributed by atoms with Crippen LogP contribution in [-0.4, -0.2) is 18.8 Å². The highest BCUT2D eigenvalue weighted by Gasteiger charge is 2.14. The second kappa shape index (κ2) is 4.74. The molecule has 1 heterocycles. The molecule has 14 heavy (non-hydrogen) atoms. The maximum atomic E-state index is 2.51. The smallest absolute Gasteiger partial charge is 0.0504 e. The predicted octanol–water partition coefficient (Wildman–Crippen LogP) is 3.40. The van der Waals surface area contributed by atoms with Crippen LogP contribution in [0.15, 0.2) is 29.2 Å². The van der Waals surface area contributed by atoms with Crippen LogP contribution >= 0.6 is 11.8 Å². The summed E-state index contributed by atoms with van der Waals surface area (Å²) in [6.45, 7) is 4.69. The molecule has 0 spiro atoms. The van der Waals surface area contributed by atoms with Gasteiger partial charge in [0.15, 0.2) is 0 Å². The fraction of sp³-hybridized carbons (Fsp3) is 0.500. The summed E-state index contributed by atoms with van der Waals surface area (Å²) in [5.41, 5.74) is 1.44. The van der Waals surface area contributed by atoms with Crippen LogP contribution in [-0.2, 0) is 0 Å². The molecule has 0 amide bonds. The summed E-state index contributed by atoms with van der Waals surface area (Å²) in [7, 11) is 0. The Morgan fingerprint density at radius 3 is 2.64 bits per heavy atom. The Bertz CT molecular complexity index is 292. The molecule has 0 aliphatic carbocycles. The van der Waals surface area contributed by atoms with Crippen molar-refractivity contribution in [2.24, 2.45) is 0 Å². The maximum Gasteiger partial charge on any atom is 0.0504 e. The first kappa shape index (κ1) is 9.91. The van der Waals surface area contributed by atoms with Crippen molar-refractivity contribution >= 4 is 17.4 Å². The zero-order valence-corrected chi connectivity index (χ0v) is 9.52. The standard InChI is InChI=1S/C12H17NS/c1-2-14-12-8-4-3-7-11(12)13-9-5-6-10-13/h3-4,7-8H,2,5-6,9-10H2,1H3. The minimum Gasteiger partial charge on any atom is -0.371 e. The average Bonchev–Trinajstić information content (AvgIpc) is 2.72. The molecule has 1 nitrogen and oxygen atoms in total. The Hall–Kier alpha value is -0.630. The van der Waals surface area contributed by atoms with Gasteiger partial charge in [0.05, 0.1) is 5.69 Å². The van der Waals surface area contributed by atoms with Gasteiger partial charge in [-0.25, -0.2) is 0 Å². The van der Waals surface area contributed by atoms with E-state index in [9.17, 15) is 0 Å². The van der Waals surface area contributed by atoms with Crippen molar-refractivity contribution in [2.75, 3.05) is 23.7 Å². The molecule has 2 rings (SSSR count). The average molecular weight is 207 g/mol. The predicted molar refractivity (Wildman–Crippen MR) is 64.3 cm³/mol. The number of nitrogens with zero attached hydrogens (tertiary/aromatic N) is 1. The third kappa shape index (κ3) is 2.06. The monoisotopic (exact) mass is 207 g/mol. The van der Waals surface area contributed by atoms with E-state index in [4.69, 9.17) is 0 Å². The molecule has 0 unspecified atom stereocenters. The van der Waals surface area contributed by atoms with Crippen molar-refractivity contribution in [1.82, 2.24) is 0 Å². The number of para-hydroxylation sites is 1. The number of anilines is 1. The molecule has 2 heteroatoms. The van der Waals surface area contributed by atoms with Gasteiger partial charge in [0.1, 0.15) is 0 Å². The minimum absolute atomic E-state index is 1.16. The molecule has 1 aliphatic heterocycles. The third-order valence-electron chi connectivity index (χ3n) is 2.61. The molecular weight excluding hydrogens is 190 g/mol. The summed E-state index contributed by atoms with van der Waals surface area (Å²) >= 11 is 1.95. The molecule has 0 aromatic heterocycles. The Morgan fingerprint density at radius 2 is 1.93 bits per heavy atom. The van der Waals surface area contributed by atoms with Crippen molar-refractivity contribution in [3.8, 4) is 0 Å². The van der Waals surface area contributed by atoms with Gasteiger partial charge in [0, 0.05) is 18.0 Å². The number of rotatable bonds is 3. The lowest BCUT2D eigenvalue weighted by molar-refractivity contribution is 0.949. The van der Waals surface area contributed by atoms with Gasteiger partial charge in [0.2, 0.25) is 0 Å². The second-order valence-corrected chi connectivity index (χ2v) is 4.90. The number of benzene rings is 1. The van der Waals surface area contributed by atoms with E-state index in [0.29, 0.717) is 0 Å². The minimum atomic E-state index is 1.16. The molecule has 1 aromatic rings. The molecule has 0 atom stereocenters. The zero-order chi connectivity index (χ0) is 9.80. The summed E-state index contributed by atoms with van der Waals surface area (Å²) in [6.07, 6.45) is 2.70. The Balaban J connectivity index is 2.21. The quantitative estimate of drug-likeness (QED) is 0.699. The molecule has 1 aliphatic rings. The fourth-order valence-corrected chi connectivity index (χ4v) is 2.78. The van der Waals surface area contributed by atoms with Gasteiger partial charge in [0.25, 0.3) is 0 Å². The van der Waals surface area contributed by atoms with Gasteiger partial charge in [-0.1, -0.05) is 19.1 Å². The summed E-state index contributed by atoms with van der Waals surface area (Å²) in [5, 5.41) is 0. The Kier molecular flexibility index (Phi) is 3.35. The molecule has 0 N–H and O–H groups in total. The lowest BCUT2D eigenvalue weighted by atomic mass is 10.3. The number of hydrogen-bond acceptors (Lipinski definition) is 2. The van der Waals surface area contributed by atoms with E-state index in [1.165, 1.54) is 36.5 Å². The normalized spacial score (nSPS) is 16.2. The van der Waals surface area contributed by atoms with Gasteiger partial charge in [-0.2, -0.15) is 0 Å². The van der Waals surface area contributed by atoms with Gasteiger partial charge >= 0.3 is 0 Å². The molecule has 1 saturated heterocycles. The van der Waals surface area contributed by atoms with Crippen molar-refractivity contribution in [1.29, 1.82) is 0 Å². The summed E-state index contributed by atoms with van der Waals surface area (Å²) in [6, 6.07) is 8.77. The fourth-order valence-electron chi connectivity index (χ4n) is 1.95. The molecule has 0 radical (unpaired) electrons.